The number of hydrogen-bond donors (Lipinski definition) is 2. The number of rotatable bonds is 9. The van der Waals surface area contributed by atoms with Crippen molar-refractivity contribution in [3.8, 4) is 22.6 Å². The molecule has 6 heteroatoms. The number of phenolic OH excluding ortho intramolecular Hbond substituents is 1. The second-order valence-corrected chi connectivity index (χ2v) is 12.9. The van der Waals surface area contributed by atoms with Gasteiger partial charge in [-0.1, -0.05) is 30.3 Å². The molecule has 0 spiro atoms. The first-order chi connectivity index (χ1) is 20.9. The van der Waals surface area contributed by atoms with Gasteiger partial charge >= 0.3 is 0 Å². The standard InChI is InChI=1S/C37H39NO5/c1-23(41-2)42-22-43-35-17-29-4-3-5-32(27-6-8-28(9-7-27)36(40)38-30-10-12-31(39)13-11-30)33(29)18-34(35)37-19-24-14-25(20-37)16-26(15-24)21-37/h3-13,17-18,23-26,39H,14-16,19-22H2,1-2H3,(H,38,40). The van der Waals surface area contributed by atoms with Crippen LogP contribution in [-0.4, -0.2) is 31.2 Å². The summed E-state index contributed by atoms with van der Waals surface area (Å²) in [5, 5.41) is 14.7. The summed E-state index contributed by atoms with van der Waals surface area (Å²) in [6.07, 6.45) is 7.54. The number of carbonyl (C=O) groups excluding carboxylic acids is 1. The van der Waals surface area contributed by atoms with Crippen LogP contribution in [0.2, 0.25) is 0 Å². The van der Waals surface area contributed by atoms with Crippen molar-refractivity contribution in [1.29, 1.82) is 0 Å². The van der Waals surface area contributed by atoms with Crippen LogP contribution in [-0.2, 0) is 14.9 Å². The fourth-order valence-electron chi connectivity index (χ4n) is 8.34. The Morgan fingerprint density at radius 3 is 2.26 bits per heavy atom. The molecule has 1 atom stereocenters. The number of phenols is 1. The lowest BCUT2D eigenvalue weighted by molar-refractivity contribution is -0.150. The minimum Gasteiger partial charge on any atom is -0.508 e. The Bertz CT molecular complexity index is 1590. The van der Waals surface area contributed by atoms with E-state index in [1.54, 1.807) is 31.4 Å². The van der Waals surface area contributed by atoms with E-state index >= 15 is 0 Å². The molecule has 0 saturated heterocycles. The third-order valence-electron chi connectivity index (χ3n) is 10.0. The van der Waals surface area contributed by atoms with Crippen LogP contribution in [0.1, 0.15) is 61.4 Å². The molecule has 1 amide bonds. The van der Waals surface area contributed by atoms with Gasteiger partial charge in [-0.3, -0.25) is 4.79 Å². The number of hydrogen-bond acceptors (Lipinski definition) is 5. The number of anilines is 1. The highest BCUT2D eigenvalue weighted by Gasteiger charge is 2.52. The normalized spacial score (nSPS) is 24.7. The van der Waals surface area contributed by atoms with Gasteiger partial charge in [-0.25, -0.2) is 0 Å². The maximum absolute atomic E-state index is 12.9. The monoisotopic (exact) mass is 577 g/mol. The van der Waals surface area contributed by atoms with E-state index in [1.807, 2.05) is 31.2 Å². The van der Waals surface area contributed by atoms with Crippen LogP contribution >= 0.6 is 0 Å². The molecule has 4 aromatic carbocycles. The van der Waals surface area contributed by atoms with Gasteiger partial charge in [-0.15, -0.1) is 0 Å². The molecule has 0 radical (unpaired) electrons. The molecule has 4 bridgehead atoms. The Labute approximate surface area is 253 Å². The molecule has 43 heavy (non-hydrogen) atoms. The number of nitrogens with one attached hydrogen (secondary N) is 1. The van der Waals surface area contributed by atoms with Crippen molar-refractivity contribution < 1.29 is 24.1 Å². The highest BCUT2D eigenvalue weighted by atomic mass is 16.7. The van der Waals surface area contributed by atoms with Crippen LogP contribution in [0.3, 0.4) is 0 Å². The van der Waals surface area contributed by atoms with Gasteiger partial charge in [0.05, 0.1) is 0 Å². The van der Waals surface area contributed by atoms with E-state index in [2.05, 4.69) is 35.6 Å². The maximum Gasteiger partial charge on any atom is 0.255 e. The molecule has 0 aliphatic heterocycles. The van der Waals surface area contributed by atoms with Crippen molar-refractivity contribution in [2.45, 2.75) is 57.2 Å². The summed E-state index contributed by atoms with van der Waals surface area (Å²) in [5.74, 6) is 3.35. The molecule has 0 heterocycles. The van der Waals surface area contributed by atoms with Crippen LogP contribution < -0.4 is 10.1 Å². The number of methoxy groups -OCH3 is 1. The fraction of sp³-hybridized carbons (Fsp3) is 0.378. The first-order valence-electron chi connectivity index (χ1n) is 15.4. The minimum atomic E-state index is -0.332. The second-order valence-electron chi connectivity index (χ2n) is 12.9. The van der Waals surface area contributed by atoms with Crippen LogP contribution in [0.4, 0.5) is 5.69 Å². The first kappa shape index (κ1) is 27.9. The number of amides is 1. The summed E-state index contributed by atoms with van der Waals surface area (Å²) in [4.78, 5) is 12.9. The summed E-state index contributed by atoms with van der Waals surface area (Å²) >= 11 is 0. The van der Waals surface area contributed by atoms with Gasteiger partial charge < -0.3 is 24.6 Å². The average molecular weight is 578 g/mol. The third kappa shape index (κ3) is 5.50. The average Bonchev–Trinajstić information content (AvgIpc) is 3.01. The molecule has 4 saturated carbocycles. The topological polar surface area (TPSA) is 77.0 Å². The molecule has 2 N–H and O–H groups in total. The lowest BCUT2D eigenvalue weighted by atomic mass is 9.48. The van der Waals surface area contributed by atoms with Gasteiger partial charge in [-0.2, -0.15) is 0 Å². The molecule has 4 aromatic rings. The zero-order chi connectivity index (χ0) is 29.6. The summed E-state index contributed by atoms with van der Waals surface area (Å²) < 4.78 is 17.4. The van der Waals surface area contributed by atoms with Gasteiger partial charge in [-0.05, 0) is 139 Å². The molecule has 4 aliphatic carbocycles. The number of carbonyl (C=O) groups is 1. The van der Waals surface area contributed by atoms with E-state index in [4.69, 9.17) is 14.2 Å². The molecule has 4 aliphatic rings. The zero-order valence-corrected chi connectivity index (χ0v) is 24.8. The van der Waals surface area contributed by atoms with Gasteiger partial charge in [0, 0.05) is 23.9 Å². The van der Waals surface area contributed by atoms with E-state index in [-0.39, 0.29) is 30.2 Å². The van der Waals surface area contributed by atoms with Crippen molar-refractivity contribution in [2.24, 2.45) is 17.8 Å². The fourth-order valence-corrected chi connectivity index (χ4v) is 8.34. The zero-order valence-electron chi connectivity index (χ0n) is 24.8. The van der Waals surface area contributed by atoms with Gasteiger partial charge in [0.2, 0.25) is 0 Å². The summed E-state index contributed by atoms with van der Waals surface area (Å²) in [5.41, 5.74) is 4.89. The van der Waals surface area contributed by atoms with Gasteiger partial charge in [0.25, 0.3) is 5.91 Å². The molecule has 0 aromatic heterocycles. The first-order valence-corrected chi connectivity index (χ1v) is 15.4. The molecule has 8 rings (SSSR count). The van der Waals surface area contributed by atoms with Crippen molar-refractivity contribution >= 4 is 22.4 Å². The van der Waals surface area contributed by atoms with E-state index in [9.17, 15) is 9.90 Å². The molecule has 4 fully saturated rings. The summed E-state index contributed by atoms with van der Waals surface area (Å²) in [6.45, 7) is 2.02. The largest absolute Gasteiger partial charge is 0.508 e. The maximum atomic E-state index is 12.9. The van der Waals surface area contributed by atoms with E-state index in [1.165, 1.54) is 49.5 Å². The smallest absolute Gasteiger partial charge is 0.255 e. The lowest BCUT2D eigenvalue weighted by Crippen LogP contribution is -2.48. The van der Waals surface area contributed by atoms with Crippen LogP contribution in [0.15, 0.2) is 78.9 Å². The van der Waals surface area contributed by atoms with E-state index < -0.39 is 0 Å². The second kappa shape index (κ2) is 11.3. The van der Waals surface area contributed by atoms with Gasteiger partial charge in [0.15, 0.2) is 13.1 Å². The Balaban J connectivity index is 1.23. The SMILES string of the molecule is COC(C)OCOc1cc2cccc(-c3ccc(C(=O)Nc4ccc(O)cc4)cc3)c2cc1C12CC3CC(CC(C3)C1)C2. The van der Waals surface area contributed by atoms with Crippen LogP contribution in [0, 0.1) is 17.8 Å². The highest BCUT2D eigenvalue weighted by molar-refractivity contribution is 6.05. The quantitative estimate of drug-likeness (QED) is 0.155. The Morgan fingerprint density at radius 2 is 1.60 bits per heavy atom. The molecule has 1 unspecified atom stereocenters. The van der Waals surface area contributed by atoms with Crippen LogP contribution in [0.5, 0.6) is 11.5 Å². The number of benzene rings is 4. The summed E-state index contributed by atoms with van der Waals surface area (Å²) in [6, 6.07) is 25.3. The van der Waals surface area contributed by atoms with E-state index in [0.29, 0.717) is 11.3 Å². The van der Waals surface area contributed by atoms with E-state index in [0.717, 1.165) is 40.0 Å². The van der Waals surface area contributed by atoms with Crippen molar-refractivity contribution in [3.05, 3.63) is 90.0 Å². The summed E-state index contributed by atoms with van der Waals surface area (Å²) in [7, 11) is 1.64. The van der Waals surface area contributed by atoms with Gasteiger partial charge in [0.1, 0.15) is 11.5 Å². The number of ether oxygens (including phenoxy) is 3. The minimum absolute atomic E-state index is 0.146. The molecular formula is C37H39NO5. The molecular weight excluding hydrogens is 538 g/mol. The third-order valence-corrected chi connectivity index (χ3v) is 10.0. The van der Waals surface area contributed by atoms with Crippen LogP contribution in [0.25, 0.3) is 21.9 Å². The Hall–Kier alpha value is -3.87. The lowest BCUT2D eigenvalue weighted by Gasteiger charge is -2.57. The molecule has 222 valence electrons. The molecule has 6 nitrogen and oxygen atoms in total. The van der Waals surface area contributed by atoms with Crippen molar-refractivity contribution in [1.82, 2.24) is 0 Å². The predicted molar refractivity (Wildman–Crippen MR) is 168 cm³/mol. The highest BCUT2D eigenvalue weighted by Crippen LogP contribution is 2.62. The Morgan fingerprint density at radius 1 is 0.930 bits per heavy atom. The number of aromatic hydroxyl groups is 1. The number of fused-ring (bicyclic) bond motifs is 1. The van der Waals surface area contributed by atoms with Crippen molar-refractivity contribution in [2.75, 3.05) is 19.2 Å². The Kier molecular flexibility index (Phi) is 7.36. The van der Waals surface area contributed by atoms with Crippen molar-refractivity contribution in [3.63, 3.8) is 0 Å². The predicted octanol–water partition coefficient (Wildman–Crippen LogP) is 8.28.